The minimum absolute atomic E-state index is 0.0412. The lowest BCUT2D eigenvalue weighted by atomic mass is 10.1. The minimum atomic E-state index is -0.220. The van der Waals surface area contributed by atoms with E-state index in [1.807, 2.05) is 83.9 Å². The molecule has 4 rings (SSSR count). The van der Waals surface area contributed by atoms with Crippen LogP contribution in [0.25, 0.3) is 10.9 Å². The molecule has 3 amide bonds. The van der Waals surface area contributed by atoms with E-state index in [9.17, 15) is 9.59 Å². The molecule has 1 heterocycles. The van der Waals surface area contributed by atoms with E-state index in [-0.39, 0.29) is 24.4 Å². The first-order chi connectivity index (χ1) is 18.0. The molecule has 192 valence electrons. The highest BCUT2D eigenvalue weighted by atomic mass is 16.2. The van der Waals surface area contributed by atoms with Crippen LogP contribution in [0.1, 0.15) is 30.5 Å². The average Bonchev–Trinajstić information content (AvgIpc) is 3.33. The molecule has 37 heavy (non-hydrogen) atoms. The number of carbonyl (C=O) groups excluding carboxylic acids is 2. The van der Waals surface area contributed by atoms with Gasteiger partial charge in [0.05, 0.1) is 0 Å². The smallest absolute Gasteiger partial charge is 0.318 e. The van der Waals surface area contributed by atoms with Gasteiger partial charge in [-0.25, -0.2) is 4.79 Å². The van der Waals surface area contributed by atoms with Gasteiger partial charge in [-0.05, 0) is 35.1 Å². The van der Waals surface area contributed by atoms with E-state index in [1.54, 1.807) is 4.90 Å². The standard InChI is InChI=1S/C31H36N4O2/c1-24(2)21-35(31(37)33-19-25-11-5-3-6-12-25)23-30(36)34(22-26-13-7-4-8-14-26)18-17-27-20-32-29-16-10-9-15-28(27)29/h3-16,20,24,32H,17-19,21-23H2,1-2H3,(H,33,37). The zero-order chi connectivity index (χ0) is 26.0. The first-order valence-corrected chi connectivity index (χ1v) is 12.9. The number of amides is 3. The summed E-state index contributed by atoms with van der Waals surface area (Å²) in [5.74, 6) is 0.184. The van der Waals surface area contributed by atoms with E-state index in [0.29, 0.717) is 26.2 Å². The highest BCUT2D eigenvalue weighted by molar-refractivity contribution is 5.85. The number of nitrogens with one attached hydrogen (secondary N) is 2. The number of fused-ring (bicyclic) bond motifs is 1. The van der Waals surface area contributed by atoms with Crippen LogP contribution in [0, 0.1) is 5.92 Å². The van der Waals surface area contributed by atoms with E-state index < -0.39 is 0 Å². The fourth-order valence-electron chi connectivity index (χ4n) is 4.50. The number of para-hydroxylation sites is 1. The molecular weight excluding hydrogens is 460 g/mol. The van der Waals surface area contributed by atoms with Crippen molar-refractivity contribution in [3.05, 3.63) is 108 Å². The van der Waals surface area contributed by atoms with Gasteiger partial charge in [0, 0.05) is 43.3 Å². The maximum atomic E-state index is 13.6. The summed E-state index contributed by atoms with van der Waals surface area (Å²) in [6, 6.07) is 27.8. The van der Waals surface area contributed by atoms with E-state index in [4.69, 9.17) is 0 Å². The zero-order valence-electron chi connectivity index (χ0n) is 21.7. The predicted octanol–water partition coefficient (Wildman–Crippen LogP) is 5.61. The Morgan fingerprint density at radius 3 is 2.19 bits per heavy atom. The largest absolute Gasteiger partial charge is 0.361 e. The Balaban J connectivity index is 1.46. The lowest BCUT2D eigenvalue weighted by Crippen LogP contribution is -2.48. The molecule has 0 fully saturated rings. The number of benzene rings is 3. The van der Waals surface area contributed by atoms with E-state index in [0.717, 1.165) is 23.1 Å². The summed E-state index contributed by atoms with van der Waals surface area (Å²) in [5.41, 5.74) is 4.37. The third-order valence-electron chi connectivity index (χ3n) is 6.38. The van der Waals surface area contributed by atoms with Crippen LogP contribution in [0.5, 0.6) is 0 Å². The van der Waals surface area contributed by atoms with Crippen LogP contribution in [0.3, 0.4) is 0 Å². The van der Waals surface area contributed by atoms with Gasteiger partial charge >= 0.3 is 6.03 Å². The summed E-state index contributed by atoms with van der Waals surface area (Å²) in [6.45, 7) is 6.16. The maximum absolute atomic E-state index is 13.6. The summed E-state index contributed by atoms with van der Waals surface area (Å²) >= 11 is 0. The van der Waals surface area contributed by atoms with Crippen molar-refractivity contribution >= 4 is 22.8 Å². The number of nitrogens with zero attached hydrogens (tertiary/aromatic N) is 2. The second kappa shape index (κ2) is 12.8. The topological polar surface area (TPSA) is 68.4 Å². The van der Waals surface area contributed by atoms with Gasteiger partial charge in [-0.1, -0.05) is 92.7 Å². The van der Waals surface area contributed by atoms with Gasteiger partial charge < -0.3 is 20.1 Å². The normalized spacial score (nSPS) is 11.0. The molecule has 0 radical (unpaired) electrons. The first kappa shape index (κ1) is 26.0. The Labute approximate surface area is 219 Å². The number of carbonyl (C=O) groups is 2. The summed E-state index contributed by atoms with van der Waals surface area (Å²) in [5, 5.41) is 4.16. The van der Waals surface area contributed by atoms with Gasteiger partial charge in [-0.3, -0.25) is 4.79 Å². The monoisotopic (exact) mass is 496 g/mol. The van der Waals surface area contributed by atoms with Gasteiger partial charge in [0.2, 0.25) is 5.91 Å². The molecule has 0 atom stereocenters. The third kappa shape index (κ3) is 7.46. The Hall–Kier alpha value is -4.06. The van der Waals surface area contributed by atoms with E-state index in [1.165, 1.54) is 10.9 Å². The molecule has 6 nitrogen and oxygen atoms in total. The van der Waals surface area contributed by atoms with Crippen LogP contribution in [0.2, 0.25) is 0 Å². The molecule has 0 saturated carbocycles. The van der Waals surface area contributed by atoms with Crippen molar-refractivity contribution in [2.45, 2.75) is 33.4 Å². The van der Waals surface area contributed by atoms with Crippen LogP contribution in [0.4, 0.5) is 4.79 Å². The quantitative estimate of drug-likeness (QED) is 0.284. The van der Waals surface area contributed by atoms with Crippen LogP contribution in [0.15, 0.2) is 91.1 Å². The number of aromatic nitrogens is 1. The van der Waals surface area contributed by atoms with Gasteiger partial charge in [-0.2, -0.15) is 0 Å². The number of H-pyrrole nitrogens is 1. The van der Waals surface area contributed by atoms with Crippen LogP contribution in [-0.2, 0) is 24.3 Å². The number of aromatic amines is 1. The second-order valence-corrected chi connectivity index (χ2v) is 9.83. The molecule has 6 heteroatoms. The predicted molar refractivity (Wildman–Crippen MR) is 149 cm³/mol. The molecule has 0 unspecified atom stereocenters. The first-order valence-electron chi connectivity index (χ1n) is 12.9. The molecule has 0 aliphatic rings. The summed E-state index contributed by atoms with van der Waals surface area (Å²) in [6.07, 6.45) is 2.75. The Morgan fingerprint density at radius 2 is 1.49 bits per heavy atom. The van der Waals surface area contributed by atoms with Crippen LogP contribution < -0.4 is 5.32 Å². The Bertz CT molecular complexity index is 1280. The zero-order valence-corrected chi connectivity index (χ0v) is 21.7. The third-order valence-corrected chi connectivity index (χ3v) is 6.38. The molecule has 0 bridgehead atoms. The fourth-order valence-corrected chi connectivity index (χ4v) is 4.50. The van der Waals surface area contributed by atoms with Crippen molar-refractivity contribution in [1.82, 2.24) is 20.1 Å². The minimum Gasteiger partial charge on any atom is -0.361 e. The van der Waals surface area contributed by atoms with Crippen molar-refractivity contribution in [3.8, 4) is 0 Å². The van der Waals surface area contributed by atoms with Crippen molar-refractivity contribution in [2.24, 2.45) is 5.92 Å². The molecule has 4 aromatic rings. The summed E-state index contributed by atoms with van der Waals surface area (Å²) < 4.78 is 0. The number of rotatable bonds is 11. The maximum Gasteiger partial charge on any atom is 0.318 e. The molecule has 0 aliphatic carbocycles. The summed E-state index contributed by atoms with van der Waals surface area (Å²) in [7, 11) is 0. The Morgan fingerprint density at radius 1 is 0.838 bits per heavy atom. The second-order valence-electron chi connectivity index (χ2n) is 9.83. The lowest BCUT2D eigenvalue weighted by Gasteiger charge is -2.29. The van der Waals surface area contributed by atoms with Crippen molar-refractivity contribution in [1.29, 1.82) is 0 Å². The molecule has 2 N–H and O–H groups in total. The van der Waals surface area contributed by atoms with Gasteiger partial charge in [-0.15, -0.1) is 0 Å². The number of urea groups is 1. The van der Waals surface area contributed by atoms with Crippen molar-refractivity contribution in [2.75, 3.05) is 19.6 Å². The van der Waals surface area contributed by atoms with Crippen molar-refractivity contribution in [3.63, 3.8) is 0 Å². The highest BCUT2D eigenvalue weighted by Crippen LogP contribution is 2.19. The highest BCUT2D eigenvalue weighted by Gasteiger charge is 2.22. The van der Waals surface area contributed by atoms with Gasteiger partial charge in [0.1, 0.15) is 6.54 Å². The molecular formula is C31H36N4O2. The molecule has 0 saturated heterocycles. The SMILES string of the molecule is CC(C)CN(CC(=O)N(CCc1c[nH]c2ccccc12)Cc1ccccc1)C(=O)NCc1ccccc1. The summed E-state index contributed by atoms with van der Waals surface area (Å²) in [4.78, 5) is 33.6. The Kier molecular flexibility index (Phi) is 8.98. The van der Waals surface area contributed by atoms with Crippen LogP contribution >= 0.6 is 0 Å². The fraction of sp³-hybridized carbons (Fsp3) is 0.290. The average molecular weight is 497 g/mol. The molecule has 1 aromatic heterocycles. The van der Waals surface area contributed by atoms with E-state index in [2.05, 4.69) is 36.3 Å². The number of hydrogen-bond donors (Lipinski definition) is 2. The van der Waals surface area contributed by atoms with E-state index >= 15 is 0 Å². The van der Waals surface area contributed by atoms with Crippen LogP contribution in [-0.4, -0.2) is 46.4 Å². The molecule has 3 aromatic carbocycles. The number of hydrogen-bond acceptors (Lipinski definition) is 2. The van der Waals surface area contributed by atoms with Crippen molar-refractivity contribution < 1.29 is 9.59 Å². The lowest BCUT2D eigenvalue weighted by molar-refractivity contribution is -0.132. The molecule has 0 aliphatic heterocycles. The van der Waals surface area contributed by atoms with Gasteiger partial charge in [0.15, 0.2) is 0 Å². The molecule has 0 spiro atoms. The van der Waals surface area contributed by atoms with Gasteiger partial charge in [0.25, 0.3) is 0 Å².